The highest BCUT2D eigenvalue weighted by atomic mass is 15.1. The Morgan fingerprint density at radius 2 is 0.982 bits per heavy atom. The molecule has 0 aliphatic heterocycles. The summed E-state index contributed by atoms with van der Waals surface area (Å²) in [6, 6.07) is 75.2. The first-order valence-corrected chi connectivity index (χ1v) is 19.7. The summed E-state index contributed by atoms with van der Waals surface area (Å²) in [4.78, 5) is 2.40. The van der Waals surface area contributed by atoms with Crippen molar-refractivity contribution >= 4 is 22.6 Å². The molecule has 0 amide bonds. The summed E-state index contributed by atoms with van der Waals surface area (Å²) in [5, 5.41) is 0. The summed E-state index contributed by atoms with van der Waals surface area (Å²) in [5.74, 6) is 0. The minimum atomic E-state index is -0.481. The van der Waals surface area contributed by atoms with Gasteiger partial charge in [0.05, 0.1) is 11.1 Å². The van der Waals surface area contributed by atoms with Gasteiger partial charge in [-0.1, -0.05) is 207 Å². The van der Waals surface area contributed by atoms with Crippen molar-refractivity contribution in [1.29, 1.82) is 0 Å². The number of hydrogen-bond acceptors (Lipinski definition) is 1. The van der Waals surface area contributed by atoms with E-state index in [1.807, 2.05) is 19.1 Å². The zero-order valence-corrected chi connectivity index (χ0v) is 32.1. The molecule has 0 N–H and O–H groups in total. The molecule has 0 radical (unpaired) electrons. The largest absolute Gasteiger partial charge is 0.310 e. The first kappa shape index (κ1) is 35.5. The fraction of sp³-hybridized carbons (Fsp3) is 0.0357. The van der Waals surface area contributed by atoms with Crippen LogP contribution in [0.2, 0.25) is 0 Å². The third kappa shape index (κ3) is 6.24. The van der Waals surface area contributed by atoms with E-state index in [-0.39, 0.29) is 0 Å². The maximum absolute atomic E-state index is 4.10. The van der Waals surface area contributed by atoms with E-state index >= 15 is 0 Å². The Hall–Kier alpha value is -7.22. The third-order valence-corrected chi connectivity index (χ3v) is 11.3. The molecule has 1 nitrogen and oxygen atoms in total. The van der Waals surface area contributed by atoms with E-state index in [9.17, 15) is 0 Å². The molecule has 272 valence electrons. The predicted molar refractivity (Wildman–Crippen MR) is 242 cm³/mol. The fourth-order valence-electron chi connectivity index (χ4n) is 8.76. The molecule has 8 aromatic carbocycles. The van der Waals surface area contributed by atoms with Gasteiger partial charge in [0.1, 0.15) is 0 Å². The topological polar surface area (TPSA) is 3.24 Å². The number of para-hydroxylation sites is 1. The first-order valence-electron chi connectivity index (χ1n) is 19.7. The van der Waals surface area contributed by atoms with Crippen molar-refractivity contribution < 1.29 is 0 Å². The minimum Gasteiger partial charge on any atom is -0.310 e. The molecular formula is C56H43N. The molecule has 0 atom stereocenters. The molecule has 0 saturated carbocycles. The maximum atomic E-state index is 4.10. The van der Waals surface area contributed by atoms with Crippen LogP contribution in [0.1, 0.15) is 34.7 Å². The van der Waals surface area contributed by atoms with Gasteiger partial charge in [-0.25, -0.2) is 0 Å². The van der Waals surface area contributed by atoms with Crippen molar-refractivity contribution in [1.82, 2.24) is 0 Å². The molecule has 0 saturated heterocycles. The molecule has 8 aromatic rings. The lowest BCUT2D eigenvalue weighted by atomic mass is 9.67. The highest BCUT2D eigenvalue weighted by Gasteiger charge is 2.46. The smallest absolute Gasteiger partial charge is 0.0713 e. The lowest BCUT2D eigenvalue weighted by Gasteiger charge is -2.34. The van der Waals surface area contributed by atoms with Gasteiger partial charge in [-0.05, 0) is 98.5 Å². The number of nitrogens with zero attached hydrogens (tertiary/aromatic N) is 1. The SMILES string of the molecule is C=C/C(=C\C=C/C)c1ccc(N(c2ccc(-c3ccccc3)cc2)c2ccccc2-c2cccc3c2-c2ccccc2C3(c2ccccc2)c2ccccc2)cc1. The lowest BCUT2D eigenvalue weighted by Crippen LogP contribution is -2.28. The van der Waals surface area contributed by atoms with Gasteiger partial charge in [0.25, 0.3) is 0 Å². The van der Waals surface area contributed by atoms with Gasteiger partial charge in [0.15, 0.2) is 0 Å². The van der Waals surface area contributed by atoms with Crippen LogP contribution in [0, 0.1) is 0 Å². The molecule has 0 bridgehead atoms. The van der Waals surface area contributed by atoms with Gasteiger partial charge in [0.2, 0.25) is 0 Å². The normalized spacial score (nSPS) is 12.9. The highest BCUT2D eigenvalue weighted by Crippen LogP contribution is 2.59. The van der Waals surface area contributed by atoms with Crippen LogP contribution in [-0.4, -0.2) is 0 Å². The average Bonchev–Trinajstić information content (AvgIpc) is 3.60. The maximum Gasteiger partial charge on any atom is 0.0713 e. The van der Waals surface area contributed by atoms with Gasteiger partial charge >= 0.3 is 0 Å². The van der Waals surface area contributed by atoms with Gasteiger partial charge in [0, 0.05) is 16.9 Å². The van der Waals surface area contributed by atoms with Gasteiger partial charge in [-0.2, -0.15) is 0 Å². The second-order valence-electron chi connectivity index (χ2n) is 14.4. The highest BCUT2D eigenvalue weighted by molar-refractivity contribution is 6.00. The zero-order valence-electron chi connectivity index (χ0n) is 32.1. The molecule has 1 aliphatic rings. The Balaban J connectivity index is 1.27. The van der Waals surface area contributed by atoms with Crippen LogP contribution in [0.4, 0.5) is 17.1 Å². The van der Waals surface area contributed by atoms with Crippen LogP contribution in [0.5, 0.6) is 0 Å². The number of allylic oxidation sites excluding steroid dienone is 5. The molecular weight excluding hydrogens is 687 g/mol. The van der Waals surface area contributed by atoms with Gasteiger partial charge in [-0.3, -0.25) is 0 Å². The summed E-state index contributed by atoms with van der Waals surface area (Å²) in [6.45, 7) is 6.13. The van der Waals surface area contributed by atoms with Crippen molar-refractivity contribution in [3.05, 3.63) is 265 Å². The summed E-state index contributed by atoms with van der Waals surface area (Å²) < 4.78 is 0. The van der Waals surface area contributed by atoms with Crippen LogP contribution in [-0.2, 0) is 5.41 Å². The molecule has 1 aliphatic carbocycles. The molecule has 9 rings (SSSR count). The van der Waals surface area contributed by atoms with E-state index in [2.05, 4.69) is 230 Å². The first-order chi connectivity index (χ1) is 28.2. The standard InChI is InChI=1S/C56H43N/c1-3-5-20-41(4-2)43-33-37-47(38-34-43)57(48-39-35-44(36-40-48)42-21-9-6-10-22-42)54-32-18-16-27-49(54)50-29-19-31-53-55(50)51-28-15-17-30-52(51)56(53,45-23-11-7-12-24-45)46-25-13-8-14-26-46/h3-40H,2H2,1H3/b5-3-,41-20+. The van der Waals surface area contributed by atoms with Crippen molar-refractivity contribution in [2.45, 2.75) is 12.3 Å². The fourth-order valence-corrected chi connectivity index (χ4v) is 8.76. The van der Waals surface area contributed by atoms with Crippen LogP contribution in [0.3, 0.4) is 0 Å². The van der Waals surface area contributed by atoms with E-state index in [1.54, 1.807) is 0 Å². The molecule has 0 fully saturated rings. The molecule has 0 aromatic heterocycles. The second-order valence-corrected chi connectivity index (χ2v) is 14.4. The quantitative estimate of drug-likeness (QED) is 0.127. The Bertz CT molecular complexity index is 2680. The summed E-state index contributed by atoms with van der Waals surface area (Å²) in [7, 11) is 0. The summed E-state index contributed by atoms with van der Waals surface area (Å²) in [5.41, 5.74) is 17.4. The van der Waals surface area contributed by atoms with Crippen LogP contribution < -0.4 is 4.90 Å². The number of fused-ring (bicyclic) bond motifs is 3. The van der Waals surface area contributed by atoms with E-state index < -0.39 is 5.41 Å². The van der Waals surface area contributed by atoms with Crippen LogP contribution >= 0.6 is 0 Å². The second kappa shape index (κ2) is 15.5. The Kier molecular flexibility index (Phi) is 9.64. The summed E-state index contributed by atoms with van der Waals surface area (Å²) in [6.07, 6.45) is 8.12. The van der Waals surface area contributed by atoms with E-state index in [1.165, 1.54) is 50.1 Å². The average molecular weight is 730 g/mol. The van der Waals surface area contributed by atoms with Gasteiger partial charge in [-0.15, -0.1) is 0 Å². The van der Waals surface area contributed by atoms with Crippen molar-refractivity contribution in [3.8, 4) is 33.4 Å². The Labute approximate surface area is 336 Å². The van der Waals surface area contributed by atoms with Crippen LogP contribution in [0.25, 0.3) is 39.0 Å². The van der Waals surface area contributed by atoms with E-state index in [4.69, 9.17) is 0 Å². The number of benzene rings is 8. The van der Waals surface area contributed by atoms with Crippen molar-refractivity contribution in [3.63, 3.8) is 0 Å². The molecule has 0 heterocycles. The van der Waals surface area contributed by atoms with E-state index in [0.717, 1.165) is 33.8 Å². The van der Waals surface area contributed by atoms with Crippen molar-refractivity contribution in [2.24, 2.45) is 0 Å². The lowest BCUT2D eigenvalue weighted by molar-refractivity contribution is 0.768. The zero-order chi connectivity index (χ0) is 38.6. The Morgan fingerprint density at radius 3 is 1.61 bits per heavy atom. The summed E-state index contributed by atoms with van der Waals surface area (Å²) >= 11 is 0. The number of hydrogen-bond donors (Lipinski definition) is 0. The predicted octanol–water partition coefficient (Wildman–Crippen LogP) is 15.0. The monoisotopic (exact) mass is 729 g/mol. The van der Waals surface area contributed by atoms with E-state index in [0.29, 0.717) is 0 Å². The molecule has 0 unspecified atom stereocenters. The van der Waals surface area contributed by atoms with Crippen LogP contribution in [0.15, 0.2) is 237 Å². The number of anilines is 3. The Morgan fingerprint density at radius 1 is 0.474 bits per heavy atom. The number of rotatable bonds is 10. The third-order valence-electron chi connectivity index (χ3n) is 11.3. The van der Waals surface area contributed by atoms with Gasteiger partial charge < -0.3 is 4.90 Å². The minimum absolute atomic E-state index is 0.481. The molecule has 1 heteroatoms. The molecule has 57 heavy (non-hydrogen) atoms. The van der Waals surface area contributed by atoms with Crippen molar-refractivity contribution in [2.75, 3.05) is 4.90 Å². The molecule has 0 spiro atoms.